The van der Waals surface area contributed by atoms with Crippen molar-refractivity contribution in [3.63, 3.8) is 0 Å². The van der Waals surface area contributed by atoms with E-state index in [1.54, 1.807) is 0 Å². The smallest absolute Gasteiger partial charge is 0.334 e. The van der Waals surface area contributed by atoms with Crippen LogP contribution in [0, 0.1) is 5.82 Å². The molecule has 0 amide bonds. The van der Waals surface area contributed by atoms with E-state index >= 15 is 0 Å². The van der Waals surface area contributed by atoms with Crippen LogP contribution in [0.3, 0.4) is 0 Å². The number of aliphatic hydroxyl groups is 1. The average Bonchev–Trinajstić information content (AvgIpc) is 2.15. The first-order valence-corrected chi connectivity index (χ1v) is 3.80. The minimum atomic E-state index is -1.79. The summed E-state index contributed by atoms with van der Waals surface area (Å²) in [5.41, 5.74) is 5.35. The number of nitrogens with zero attached hydrogens (tertiary/aromatic N) is 1. The monoisotopic (exact) mass is 200 g/mol. The summed E-state index contributed by atoms with van der Waals surface area (Å²) in [7, 11) is 0. The molecule has 0 saturated carbocycles. The van der Waals surface area contributed by atoms with E-state index in [4.69, 9.17) is 15.9 Å². The van der Waals surface area contributed by atoms with Gasteiger partial charge in [0.2, 0.25) is 0 Å². The largest absolute Gasteiger partial charge is 0.479 e. The number of rotatable bonds is 3. The highest BCUT2D eigenvalue weighted by molar-refractivity contribution is 5.73. The van der Waals surface area contributed by atoms with Gasteiger partial charge in [-0.2, -0.15) is 0 Å². The van der Waals surface area contributed by atoms with Gasteiger partial charge in [0, 0.05) is 6.20 Å². The van der Waals surface area contributed by atoms with Crippen molar-refractivity contribution in [2.45, 2.75) is 12.1 Å². The van der Waals surface area contributed by atoms with Gasteiger partial charge in [-0.3, -0.25) is 4.98 Å². The van der Waals surface area contributed by atoms with Crippen LogP contribution >= 0.6 is 0 Å². The Bertz CT molecular complexity index is 345. The van der Waals surface area contributed by atoms with Crippen LogP contribution in [0.25, 0.3) is 0 Å². The summed E-state index contributed by atoms with van der Waals surface area (Å²) in [5.74, 6) is -2.05. The molecule has 0 bridgehead atoms. The van der Waals surface area contributed by atoms with E-state index in [0.717, 1.165) is 18.3 Å². The third kappa shape index (κ3) is 2.24. The molecule has 0 aliphatic carbocycles. The van der Waals surface area contributed by atoms with Crippen LogP contribution < -0.4 is 5.73 Å². The number of carboxylic acid groups (broad SMARTS) is 1. The third-order valence-electron chi connectivity index (χ3n) is 1.68. The Hall–Kier alpha value is -1.53. The molecule has 4 N–H and O–H groups in total. The molecule has 0 spiro atoms. The number of carbonyl (C=O) groups is 1. The quantitative estimate of drug-likeness (QED) is 0.620. The molecule has 2 atom stereocenters. The molecule has 1 aromatic heterocycles. The van der Waals surface area contributed by atoms with Gasteiger partial charge in [0.15, 0.2) is 6.10 Å². The van der Waals surface area contributed by atoms with Gasteiger partial charge in [-0.15, -0.1) is 0 Å². The SMILES string of the molecule is NC(c1cc(F)ccn1)C(O)C(=O)O. The molecule has 0 radical (unpaired) electrons. The van der Waals surface area contributed by atoms with E-state index in [2.05, 4.69) is 4.98 Å². The minimum absolute atomic E-state index is 0.0000926. The normalized spacial score (nSPS) is 14.8. The van der Waals surface area contributed by atoms with Crippen LogP contribution in [0.15, 0.2) is 18.3 Å². The Balaban J connectivity index is 2.89. The molecule has 0 aliphatic rings. The maximum atomic E-state index is 12.7. The van der Waals surface area contributed by atoms with Crippen LogP contribution in [0.5, 0.6) is 0 Å². The van der Waals surface area contributed by atoms with Gasteiger partial charge >= 0.3 is 5.97 Å². The minimum Gasteiger partial charge on any atom is -0.479 e. The van der Waals surface area contributed by atoms with Crippen molar-refractivity contribution in [3.05, 3.63) is 29.8 Å². The van der Waals surface area contributed by atoms with Crippen molar-refractivity contribution in [2.75, 3.05) is 0 Å². The predicted octanol–water partition coefficient (Wildman–Crippen LogP) is -0.334. The lowest BCUT2D eigenvalue weighted by atomic mass is 10.1. The third-order valence-corrected chi connectivity index (χ3v) is 1.68. The number of halogens is 1. The number of nitrogens with two attached hydrogens (primary N) is 1. The fourth-order valence-electron chi connectivity index (χ4n) is 0.919. The van der Waals surface area contributed by atoms with Crippen LogP contribution in [0.2, 0.25) is 0 Å². The summed E-state index contributed by atoms with van der Waals surface area (Å²) < 4.78 is 12.7. The number of hydrogen-bond donors (Lipinski definition) is 3. The van der Waals surface area contributed by atoms with Gasteiger partial charge in [-0.25, -0.2) is 9.18 Å². The van der Waals surface area contributed by atoms with E-state index in [0.29, 0.717) is 0 Å². The molecule has 14 heavy (non-hydrogen) atoms. The Morgan fingerprint density at radius 3 is 2.79 bits per heavy atom. The van der Waals surface area contributed by atoms with E-state index < -0.39 is 23.9 Å². The lowest BCUT2D eigenvalue weighted by molar-refractivity contribution is -0.147. The molecule has 5 nitrogen and oxygen atoms in total. The van der Waals surface area contributed by atoms with Gasteiger partial charge in [-0.1, -0.05) is 0 Å². The lowest BCUT2D eigenvalue weighted by Crippen LogP contribution is -2.33. The Morgan fingerprint density at radius 2 is 2.29 bits per heavy atom. The van der Waals surface area contributed by atoms with E-state index in [1.807, 2.05) is 0 Å². The summed E-state index contributed by atoms with van der Waals surface area (Å²) in [5, 5.41) is 17.5. The highest BCUT2D eigenvalue weighted by Gasteiger charge is 2.24. The molecule has 1 heterocycles. The zero-order chi connectivity index (χ0) is 10.7. The van der Waals surface area contributed by atoms with Gasteiger partial charge in [0.25, 0.3) is 0 Å². The summed E-state index contributed by atoms with van der Waals surface area (Å²) >= 11 is 0. The fraction of sp³-hybridized carbons (Fsp3) is 0.250. The lowest BCUT2D eigenvalue weighted by Gasteiger charge is -2.13. The second kappa shape index (κ2) is 4.12. The predicted molar refractivity (Wildman–Crippen MR) is 44.8 cm³/mol. The van der Waals surface area contributed by atoms with E-state index in [-0.39, 0.29) is 5.69 Å². The highest BCUT2D eigenvalue weighted by atomic mass is 19.1. The maximum Gasteiger partial charge on any atom is 0.334 e. The summed E-state index contributed by atoms with van der Waals surface area (Å²) in [4.78, 5) is 14.0. The second-order valence-corrected chi connectivity index (χ2v) is 2.71. The van der Waals surface area contributed by atoms with Crippen LogP contribution in [-0.4, -0.2) is 27.3 Å². The van der Waals surface area contributed by atoms with Crippen molar-refractivity contribution in [2.24, 2.45) is 5.73 Å². The molecular weight excluding hydrogens is 191 g/mol. The van der Waals surface area contributed by atoms with Crippen molar-refractivity contribution < 1.29 is 19.4 Å². The van der Waals surface area contributed by atoms with Crippen molar-refractivity contribution >= 4 is 5.97 Å². The second-order valence-electron chi connectivity index (χ2n) is 2.71. The molecule has 0 aliphatic heterocycles. The first kappa shape index (κ1) is 10.6. The maximum absolute atomic E-state index is 12.7. The molecular formula is C8H9FN2O3. The number of aliphatic hydroxyl groups excluding tert-OH is 1. The van der Waals surface area contributed by atoms with Crippen molar-refractivity contribution in [3.8, 4) is 0 Å². The Labute approximate surface area is 79.0 Å². The van der Waals surface area contributed by atoms with E-state index in [1.165, 1.54) is 0 Å². The zero-order valence-electron chi connectivity index (χ0n) is 7.09. The standard InChI is InChI=1S/C8H9FN2O3/c9-4-1-2-11-5(3-4)6(10)7(12)8(13)14/h1-3,6-7,12H,10H2,(H,13,14). The van der Waals surface area contributed by atoms with Crippen LogP contribution in [0.4, 0.5) is 4.39 Å². The Kier molecular flexibility index (Phi) is 3.10. The van der Waals surface area contributed by atoms with Gasteiger partial charge in [-0.05, 0) is 12.1 Å². The highest BCUT2D eigenvalue weighted by Crippen LogP contribution is 2.12. The molecule has 0 aromatic carbocycles. The van der Waals surface area contributed by atoms with Crippen molar-refractivity contribution in [1.29, 1.82) is 0 Å². The average molecular weight is 200 g/mol. The number of pyridine rings is 1. The number of aromatic nitrogens is 1. The zero-order valence-corrected chi connectivity index (χ0v) is 7.09. The number of aliphatic carboxylic acids is 1. The van der Waals surface area contributed by atoms with Crippen molar-refractivity contribution in [1.82, 2.24) is 4.98 Å². The first-order valence-electron chi connectivity index (χ1n) is 3.80. The Morgan fingerprint density at radius 1 is 1.64 bits per heavy atom. The first-order chi connectivity index (χ1) is 6.52. The van der Waals surface area contributed by atoms with Gasteiger partial charge < -0.3 is 15.9 Å². The van der Waals surface area contributed by atoms with E-state index in [9.17, 15) is 9.18 Å². The number of carboxylic acids is 1. The van der Waals surface area contributed by atoms with Gasteiger partial charge in [0.1, 0.15) is 5.82 Å². The molecule has 0 fully saturated rings. The summed E-state index contributed by atoms with van der Waals surface area (Å²) in [6, 6.07) is 0.850. The molecule has 0 saturated heterocycles. The molecule has 1 rings (SSSR count). The topological polar surface area (TPSA) is 96.4 Å². The molecule has 6 heteroatoms. The fourth-order valence-corrected chi connectivity index (χ4v) is 0.919. The van der Waals surface area contributed by atoms with Gasteiger partial charge in [0.05, 0.1) is 11.7 Å². The molecule has 1 aromatic rings. The number of hydrogen-bond acceptors (Lipinski definition) is 4. The van der Waals surface area contributed by atoms with Crippen LogP contribution in [-0.2, 0) is 4.79 Å². The molecule has 76 valence electrons. The van der Waals surface area contributed by atoms with Crippen LogP contribution in [0.1, 0.15) is 11.7 Å². The summed E-state index contributed by atoms with van der Waals surface area (Å²) in [6.07, 6.45) is -0.636. The summed E-state index contributed by atoms with van der Waals surface area (Å²) in [6.45, 7) is 0. The molecule has 2 unspecified atom stereocenters.